The van der Waals surface area contributed by atoms with E-state index < -0.39 is 0 Å². The number of nitrogens with one attached hydrogen (secondary N) is 1. The standard InChI is InChI=1S/C25H25ClN6O/c1-15(27-25(33)22-10-21(22)17-3-2-4-19(26)9-17)23-14-32(30-29-23)13-20-12-31-11-18(16-5-6-16)7-8-24(31)28-20/h2-4,7-9,11-12,14-16,21-22H,5-6,10,13H2,1H3,(H,27,33)/t15-,21?,22+/m0/s1. The second-order valence-electron chi connectivity index (χ2n) is 9.31. The third-order valence-electron chi connectivity index (χ3n) is 6.66. The van der Waals surface area contributed by atoms with Crippen molar-refractivity contribution in [2.24, 2.45) is 5.92 Å². The average molecular weight is 461 g/mol. The van der Waals surface area contributed by atoms with Crippen LogP contribution in [0.5, 0.6) is 0 Å². The zero-order chi connectivity index (χ0) is 22.5. The van der Waals surface area contributed by atoms with Gasteiger partial charge in [-0.3, -0.25) is 4.79 Å². The highest BCUT2D eigenvalue weighted by atomic mass is 35.5. The maximum absolute atomic E-state index is 12.7. The van der Waals surface area contributed by atoms with Gasteiger partial charge in [-0.15, -0.1) is 5.10 Å². The smallest absolute Gasteiger partial charge is 0.224 e. The van der Waals surface area contributed by atoms with Crippen molar-refractivity contribution in [2.75, 3.05) is 0 Å². The van der Waals surface area contributed by atoms with Crippen molar-refractivity contribution in [2.45, 2.75) is 50.6 Å². The van der Waals surface area contributed by atoms with Crippen LogP contribution in [0.25, 0.3) is 5.65 Å². The van der Waals surface area contributed by atoms with Gasteiger partial charge in [0.25, 0.3) is 0 Å². The Hall–Kier alpha value is -3.19. The molecule has 3 heterocycles. The van der Waals surface area contributed by atoms with Gasteiger partial charge in [0.15, 0.2) is 0 Å². The number of halogens is 1. The van der Waals surface area contributed by atoms with Crippen LogP contribution in [0.4, 0.5) is 0 Å². The first kappa shape index (κ1) is 20.4. The lowest BCUT2D eigenvalue weighted by Gasteiger charge is -2.11. The Balaban J connectivity index is 1.08. The van der Waals surface area contributed by atoms with Crippen molar-refractivity contribution in [3.63, 3.8) is 0 Å². The Morgan fingerprint density at radius 3 is 2.88 bits per heavy atom. The lowest BCUT2D eigenvalue weighted by molar-refractivity contribution is -0.123. The van der Waals surface area contributed by atoms with Crippen LogP contribution in [-0.4, -0.2) is 30.3 Å². The molecule has 0 saturated heterocycles. The molecule has 0 spiro atoms. The van der Waals surface area contributed by atoms with E-state index in [1.165, 1.54) is 18.4 Å². The van der Waals surface area contributed by atoms with Crippen LogP contribution in [0.1, 0.15) is 66.6 Å². The molecule has 0 bridgehead atoms. The van der Waals surface area contributed by atoms with Crippen molar-refractivity contribution >= 4 is 23.2 Å². The second-order valence-corrected chi connectivity index (χ2v) is 9.75. The molecule has 1 aromatic carbocycles. The molecule has 2 saturated carbocycles. The Bertz CT molecular complexity index is 1340. The molecule has 4 aromatic rings. The van der Waals surface area contributed by atoms with Gasteiger partial charge in [0.05, 0.1) is 24.5 Å². The van der Waals surface area contributed by atoms with E-state index >= 15 is 0 Å². The monoisotopic (exact) mass is 460 g/mol. The molecule has 3 aromatic heterocycles. The van der Waals surface area contributed by atoms with E-state index in [4.69, 9.17) is 16.6 Å². The number of carbonyl (C=O) groups is 1. The summed E-state index contributed by atoms with van der Waals surface area (Å²) >= 11 is 6.09. The number of nitrogens with zero attached hydrogens (tertiary/aromatic N) is 5. The molecule has 2 aliphatic rings. The van der Waals surface area contributed by atoms with Crippen molar-refractivity contribution < 1.29 is 4.79 Å². The molecule has 2 aliphatic carbocycles. The molecule has 3 atom stereocenters. The van der Waals surface area contributed by atoms with Crippen LogP contribution in [0.2, 0.25) is 5.02 Å². The van der Waals surface area contributed by atoms with E-state index in [0.29, 0.717) is 17.5 Å². The third-order valence-corrected chi connectivity index (χ3v) is 6.89. The number of carbonyl (C=O) groups excluding carboxylic acids is 1. The number of pyridine rings is 1. The highest BCUT2D eigenvalue weighted by molar-refractivity contribution is 6.30. The zero-order valence-corrected chi connectivity index (χ0v) is 19.1. The van der Waals surface area contributed by atoms with E-state index in [2.05, 4.69) is 44.6 Å². The van der Waals surface area contributed by atoms with E-state index in [0.717, 1.165) is 29.0 Å². The molecule has 0 radical (unpaired) electrons. The van der Waals surface area contributed by atoms with E-state index in [1.807, 2.05) is 37.4 Å². The minimum atomic E-state index is -0.214. The van der Waals surface area contributed by atoms with Crippen LogP contribution in [0.15, 0.2) is 55.0 Å². The fourth-order valence-electron chi connectivity index (χ4n) is 4.54. The maximum atomic E-state index is 12.7. The molecule has 2 fully saturated rings. The first-order chi connectivity index (χ1) is 16.0. The zero-order valence-electron chi connectivity index (χ0n) is 18.4. The molecule has 8 heteroatoms. The van der Waals surface area contributed by atoms with Gasteiger partial charge < -0.3 is 9.72 Å². The number of imidazole rings is 1. The summed E-state index contributed by atoms with van der Waals surface area (Å²) in [6, 6.07) is 11.8. The Morgan fingerprint density at radius 1 is 1.18 bits per heavy atom. The van der Waals surface area contributed by atoms with Crippen molar-refractivity contribution in [3.05, 3.63) is 82.5 Å². The summed E-state index contributed by atoms with van der Waals surface area (Å²) in [6.45, 7) is 2.47. The topological polar surface area (TPSA) is 77.1 Å². The Labute approximate surface area is 196 Å². The quantitative estimate of drug-likeness (QED) is 0.441. The van der Waals surface area contributed by atoms with Crippen LogP contribution in [0, 0.1) is 5.92 Å². The predicted molar refractivity (Wildman–Crippen MR) is 125 cm³/mol. The largest absolute Gasteiger partial charge is 0.348 e. The van der Waals surface area contributed by atoms with Crippen molar-refractivity contribution in [1.29, 1.82) is 0 Å². The van der Waals surface area contributed by atoms with Gasteiger partial charge in [-0.05, 0) is 67.3 Å². The molecular formula is C25H25ClN6O. The van der Waals surface area contributed by atoms with Crippen molar-refractivity contribution in [3.8, 4) is 0 Å². The maximum Gasteiger partial charge on any atom is 0.224 e. The normalized spacial score (nSPS) is 20.7. The first-order valence-electron chi connectivity index (χ1n) is 11.5. The predicted octanol–water partition coefficient (Wildman–Crippen LogP) is 4.49. The van der Waals surface area contributed by atoms with Crippen LogP contribution >= 0.6 is 11.6 Å². The van der Waals surface area contributed by atoms with Gasteiger partial charge in [0.2, 0.25) is 5.91 Å². The molecule has 1 unspecified atom stereocenters. The van der Waals surface area contributed by atoms with Crippen LogP contribution in [-0.2, 0) is 11.3 Å². The average Bonchev–Trinajstić information content (AvgIpc) is 3.71. The molecule has 168 valence electrons. The summed E-state index contributed by atoms with van der Waals surface area (Å²) in [5, 5.41) is 12.3. The first-order valence-corrected chi connectivity index (χ1v) is 11.8. The third kappa shape index (κ3) is 4.25. The fourth-order valence-corrected chi connectivity index (χ4v) is 4.73. The number of fused-ring (bicyclic) bond motifs is 1. The van der Waals surface area contributed by atoms with E-state index in [9.17, 15) is 4.79 Å². The summed E-state index contributed by atoms with van der Waals surface area (Å²) in [5.41, 5.74) is 5.11. The molecule has 6 rings (SSSR count). The SMILES string of the molecule is C[C@H](NC(=O)[C@@H]1CC1c1cccc(Cl)c1)c1cn(Cc2cn3cc(C4CC4)ccc3n2)nn1. The number of hydrogen-bond acceptors (Lipinski definition) is 4. The van der Waals surface area contributed by atoms with Crippen LogP contribution in [0.3, 0.4) is 0 Å². The molecule has 0 aliphatic heterocycles. The molecule has 7 nitrogen and oxygen atoms in total. The molecular weight excluding hydrogens is 436 g/mol. The Morgan fingerprint density at radius 2 is 2.06 bits per heavy atom. The summed E-state index contributed by atoms with van der Waals surface area (Å²) < 4.78 is 3.86. The van der Waals surface area contributed by atoms with Gasteiger partial charge in [-0.1, -0.05) is 35.0 Å². The highest BCUT2D eigenvalue weighted by Gasteiger charge is 2.44. The van der Waals surface area contributed by atoms with Gasteiger partial charge >= 0.3 is 0 Å². The van der Waals surface area contributed by atoms with Gasteiger partial charge in [-0.25, -0.2) is 9.67 Å². The molecule has 33 heavy (non-hydrogen) atoms. The second kappa shape index (κ2) is 7.99. The minimum absolute atomic E-state index is 0.0144. The molecule has 1 N–H and O–H groups in total. The lowest BCUT2D eigenvalue weighted by atomic mass is 10.1. The number of benzene rings is 1. The number of rotatable bonds is 7. The van der Waals surface area contributed by atoms with E-state index in [-0.39, 0.29) is 23.8 Å². The summed E-state index contributed by atoms with van der Waals surface area (Å²) in [6.07, 6.45) is 9.53. The van der Waals surface area contributed by atoms with Gasteiger partial charge in [0.1, 0.15) is 11.3 Å². The van der Waals surface area contributed by atoms with Crippen LogP contribution < -0.4 is 5.32 Å². The number of aromatic nitrogens is 5. The summed E-state index contributed by atoms with van der Waals surface area (Å²) in [4.78, 5) is 17.4. The highest BCUT2D eigenvalue weighted by Crippen LogP contribution is 2.48. The molecule has 1 amide bonds. The van der Waals surface area contributed by atoms with Gasteiger partial charge in [0, 0.05) is 23.3 Å². The van der Waals surface area contributed by atoms with Crippen molar-refractivity contribution in [1.82, 2.24) is 29.7 Å². The summed E-state index contributed by atoms with van der Waals surface area (Å²) in [5.74, 6) is 0.988. The van der Waals surface area contributed by atoms with Gasteiger partial charge in [-0.2, -0.15) is 0 Å². The lowest BCUT2D eigenvalue weighted by Crippen LogP contribution is -2.28. The minimum Gasteiger partial charge on any atom is -0.348 e. The summed E-state index contributed by atoms with van der Waals surface area (Å²) in [7, 11) is 0. The number of hydrogen-bond donors (Lipinski definition) is 1. The number of amides is 1. The Kier molecular flexibility index (Phi) is 4.94. The van der Waals surface area contributed by atoms with E-state index in [1.54, 1.807) is 4.68 Å². The fraction of sp³-hybridized carbons (Fsp3) is 0.360.